The lowest BCUT2D eigenvalue weighted by Gasteiger charge is -2.22. The molecule has 0 spiro atoms. The van der Waals surface area contributed by atoms with Gasteiger partial charge in [-0.2, -0.15) is 0 Å². The van der Waals surface area contributed by atoms with Crippen molar-refractivity contribution in [3.8, 4) is 0 Å². The third-order valence-electron chi connectivity index (χ3n) is 3.70. The highest BCUT2D eigenvalue weighted by atomic mass is 16.2. The van der Waals surface area contributed by atoms with Crippen molar-refractivity contribution in [3.63, 3.8) is 0 Å². The molecule has 2 fully saturated rings. The molecule has 3 heteroatoms. The standard InChI is InChI=1S/C10H15NO2/c1-6(2)11-7(12)9(3)5-10(9,4)8(11)13/h6H,5H2,1-4H3. The molecule has 2 unspecified atom stereocenters. The van der Waals surface area contributed by atoms with Gasteiger partial charge in [-0.05, 0) is 34.1 Å². The molecule has 0 aromatic heterocycles. The monoisotopic (exact) mass is 181 g/mol. The van der Waals surface area contributed by atoms with Gasteiger partial charge in [0.25, 0.3) is 0 Å². The van der Waals surface area contributed by atoms with Gasteiger partial charge < -0.3 is 0 Å². The predicted molar refractivity (Wildman–Crippen MR) is 47.8 cm³/mol. The van der Waals surface area contributed by atoms with Crippen molar-refractivity contribution < 1.29 is 9.59 Å². The summed E-state index contributed by atoms with van der Waals surface area (Å²) in [6.45, 7) is 7.56. The van der Waals surface area contributed by atoms with E-state index >= 15 is 0 Å². The molecule has 2 rings (SSSR count). The van der Waals surface area contributed by atoms with E-state index < -0.39 is 0 Å². The average molecular weight is 181 g/mol. The van der Waals surface area contributed by atoms with Crippen molar-refractivity contribution in [2.75, 3.05) is 0 Å². The Morgan fingerprint density at radius 3 is 1.77 bits per heavy atom. The molecule has 13 heavy (non-hydrogen) atoms. The van der Waals surface area contributed by atoms with Gasteiger partial charge >= 0.3 is 0 Å². The molecule has 1 heterocycles. The van der Waals surface area contributed by atoms with Crippen LogP contribution in [-0.2, 0) is 9.59 Å². The highest BCUT2D eigenvalue weighted by molar-refractivity contribution is 6.13. The molecular formula is C10H15NO2. The van der Waals surface area contributed by atoms with Gasteiger partial charge in [-0.3, -0.25) is 14.5 Å². The fraction of sp³-hybridized carbons (Fsp3) is 0.800. The second-order valence-electron chi connectivity index (χ2n) is 4.92. The first kappa shape index (κ1) is 8.73. The predicted octanol–water partition coefficient (Wildman–Crippen LogP) is 1.18. The van der Waals surface area contributed by atoms with E-state index in [9.17, 15) is 9.59 Å². The van der Waals surface area contributed by atoms with Gasteiger partial charge in [-0.15, -0.1) is 0 Å². The molecule has 0 radical (unpaired) electrons. The first-order valence-electron chi connectivity index (χ1n) is 4.73. The molecule has 1 aliphatic carbocycles. The van der Waals surface area contributed by atoms with Gasteiger partial charge in [0.1, 0.15) is 0 Å². The largest absolute Gasteiger partial charge is 0.279 e. The number of rotatable bonds is 1. The number of hydrogen-bond donors (Lipinski definition) is 0. The summed E-state index contributed by atoms with van der Waals surface area (Å²) in [5, 5.41) is 0. The van der Waals surface area contributed by atoms with Crippen molar-refractivity contribution in [3.05, 3.63) is 0 Å². The van der Waals surface area contributed by atoms with Gasteiger partial charge in [-0.1, -0.05) is 0 Å². The van der Waals surface area contributed by atoms with Crippen molar-refractivity contribution in [1.82, 2.24) is 4.90 Å². The fourth-order valence-corrected chi connectivity index (χ4v) is 2.38. The summed E-state index contributed by atoms with van der Waals surface area (Å²) in [6, 6.07) is 0.00134. The normalized spacial score (nSPS) is 43.0. The van der Waals surface area contributed by atoms with Crippen molar-refractivity contribution in [1.29, 1.82) is 0 Å². The van der Waals surface area contributed by atoms with Crippen LogP contribution in [0.2, 0.25) is 0 Å². The summed E-state index contributed by atoms with van der Waals surface area (Å²) in [5.41, 5.74) is -0.761. The number of nitrogens with zero attached hydrogens (tertiary/aromatic N) is 1. The zero-order valence-electron chi connectivity index (χ0n) is 8.55. The third-order valence-corrected chi connectivity index (χ3v) is 3.70. The maximum atomic E-state index is 11.8. The van der Waals surface area contributed by atoms with E-state index in [1.165, 1.54) is 4.90 Å². The Kier molecular flexibility index (Phi) is 1.32. The Labute approximate surface area is 78.1 Å². The number of carbonyl (C=O) groups is 2. The van der Waals surface area contributed by atoms with Crippen LogP contribution in [0, 0.1) is 10.8 Å². The van der Waals surface area contributed by atoms with Crippen LogP contribution in [0.15, 0.2) is 0 Å². The second-order valence-corrected chi connectivity index (χ2v) is 4.92. The number of likely N-dealkylation sites (tertiary alicyclic amines) is 1. The van der Waals surface area contributed by atoms with Crippen LogP contribution in [-0.4, -0.2) is 22.8 Å². The van der Waals surface area contributed by atoms with E-state index in [0.717, 1.165) is 6.42 Å². The molecule has 2 atom stereocenters. The molecule has 0 bridgehead atoms. The Hall–Kier alpha value is -0.860. The highest BCUT2D eigenvalue weighted by Gasteiger charge is 2.77. The topological polar surface area (TPSA) is 37.4 Å². The molecule has 0 N–H and O–H groups in total. The van der Waals surface area contributed by atoms with Gasteiger partial charge in [0.15, 0.2) is 0 Å². The summed E-state index contributed by atoms with van der Waals surface area (Å²) >= 11 is 0. The number of amides is 2. The average Bonchev–Trinajstić information content (AvgIpc) is 2.52. The lowest BCUT2D eigenvalue weighted by Crippen LogP contribution is -2.40. The quantitative estimate of drug-likeness (QED) is 0.570. The number of carbonyl (C=O) groups excluding carboxylic acids is 2. The zero-order valence-corrected chi connectivity index (χ0v) is 8.55. The lowest BCUT2D eigenvalue weighted by atomic mass is 10.00. The number of hydrogen-bond acceptors (Lipinski definition) is 2. The van der Waals surface area contributed by atoms with Gasteiger partial charge in [-0.25, -0.2) is 0 Å². The summed E-state index contributed by atoms with van der Waals surface area (Å²) < 4.78 is 0. The van der Waals surface area contributed by atoms with Crippen molar-refractivity contribution in [2.24, 2.45) is 10.8 Å². The van der Waals surface area contributed by atoms with Crippen LogP contribution in [0.4, 0.5) is 0 Å². The molecule has 3 nitrogen and oxygen atoms in total. The maximum absolute atomic E-state index is 11.8. The summed E-state index contributed by atoms with van der Waals surface area (Å²) in [6.07, 6.45) is 0.737. The smallest absolute Gasteiger partial charge is 0.236 e. The fourth-order valence-electron chi connectivity index (χ4n) is 2.38. The molecule has 1 saturated carbocycles. The Balaban J connectivity index is 2.40. The third kappa shape index (κ3) is 0.713. The minimum absolute atomic E-state index is 0.00134. The van der Waals surface area contributed by atoms with Crippen molar-refractivity contribution >= 4 is 11.8 Å². The Morgan fingerprint density at radius 1 is 1.15 bits per heavy atom. The van der Waals surface area contributed by atoms with E-state index in [-0.39, 0.29) is 28.7 Å². The SMILES string of the molecule is CC(C)N1C(=O)C2(C)CC2(C)C1=O. The second kappa shape index (κ2) is 1.97. The van der Waals surface area contributed by atoms with E-state index in [2.05, 4.69) is 0 Å². The van der Waals surface area contributed by atoms with Crippen LogP contribution in [0.5, 0.6) is 0 Å². The first-order valence-corrected chi connectivity index (χ1v) is 4.73. The highest BCUT2D eigenvalue weighted by Crippen LogP contribution is 2.69. The van der Waals surface area contributed by atoms with Crippen LogP contribution >= 0.6 is 0 Å². The number of fused-ring (bicyclic) bond motifs is 1. The molecule has 2 aliphatic rings. The molecule has 0 aromatic rings. The molecule has 72 valence electrons. The van der Waals surface area contributed by atoms with Crippen molar-refractivity contribution in [2.45, 2.75) is 40.2 Å². The van der Waals surface area contributed by atoms with Gasteiger partial charge in [0.05, 0.1) is 10.8 Å². The zero-order chi connectivity index (χ0) is 10.0. The van der Waals surface area contributed by atoms with E-state index in [4.69, 9.17) is 0 Å². The van der Waals surface area contributed by atoms with E-state index in [0.29, 0.717) is 0 Å². The minimum atomic E-state index is -0.381. The summed E-state index contributed by atoms with van der Waals surface area (Å²) in [5.74, 6) is 0.0463. The van der Waals surface area contributed by atoms with E-state index in [1.54, 1.807) is 0 Å². The van der Waals surface area contributed by atoms with Gasteiger partial charge in [0, 0.05) is 6.04 Å². The summed E-state index contributed by atoms with van der Waals surface area (Å²) in [7, 11) is 0. The molecule has 1 aliphatic heterocycles. The van der Waals surface area contributed by atoms with E-state index in [1.807, 2.05) is 27.7 Å². The molecule has 2 amide bonds. The number of imide groups is 1. The maximum Gasteiger partial charge on any atom is 0.236 e. The lowest BCUT2D eigenvalue weighted by molar-refractivity contribution is -0.145. The molecular weight excluding hydrogens is 166 g/mol. The minimum Gasteiger partial charge on any atom is -0.279 e. The summed E-state index contributed by atoms with van der Waals surface area (Å²) in [4.78, 5) is 25.1. The Morgan fingerprint density at radius 2 is 1.54 bits per heavy atom. The van der Waals surface area contributed by atoms with Crippen LogP contribution in [0.25, 0.3) is 0 Å². The van der Waals surface area contributed by atoms with Crippen LogP contribution in [0.3, 0.4) is 0 Å². The van der Waals surface area contributed by atoms with Crippen LogP contribution < -0.4 is 0 Å². The number of piperidine rings is 1. The van der Waals surface area contributed by atoms with Gasteiger partial charge in [0.2, 0.25) is 11.8 Å². The molecule has 0 aromatic carbocycles. The Bertz CT molecular complexity index is 284. The molecule has 1 saturated heterocycles. The first-order chi connectivity index (χ1) is 5.84. The van der Waals surface area contributed by atoms with Crippen LogP contribution in [0.1, 0.15) is 34.1 Å².